The van der Waals surface area contributed by atoms with Crippen molar-refractivity contribution >= 4 is 24.9 Å². The smallest absolute Gasteiger partial charge is 0.343 e. The minimum atomic E-state index is -4.53. The summed E-state index contributed by atoms with van der Waals surface area (Å²) in [6.45, 7) is 9.64. The highest BCUT2D eigenvalue weighted by atomic mass is 31.2. The molecule has 0 saturated carbocycles. The number of rotatable bonds is 18. The van der Waals surface area contributed by atoms with Crippen LogP contribution in [0.2, 0.25) is 0 Å². The molecule has 0 spiro atoms. The molecule has 16 nitrogen and oxygen atoms in total. The molecule has 3 aromatic rings. The van der Waals surface area contributed by atoms with Crippen molar-refractivity contribution in [2.45, 2.75) is 99.9 Å². The summed E-state index contributed by atoms with van der Waals surface area (Å²) in [5.41, 5.74) is 3.93. The second kappa shape index (κ2) is 15.4. The zero-order valence-electron chi connectivity index (χ0n) is 28.6. The van der Waals surface area contributed by atoms with Crippen LogP contribution in [0.15, 0.2) is 0 Å². The molecule has 0 saturated heterocycles. The fraction of sp³-hybridized carbons (Fsp3) is 0.600. The summed E-state index contributed by atoms with van der Waals surface area (Å²) in [4.78, 5) is 34.6. The maximum absolute atomic E-state index is 14.5. The molecule has 17 heteroatoms. The number of nitrogens with zero attached hydrogens (tertiary/aromatic N) is 6. The van der Waals surface area contributed by atoms with Crippen LogP contribution in [0.3, 0.4) is 0 Å². The molecule has 0 bridgehead atoms. The van der Waals surface area contributed by atoms with Gasteiger partial charge in [-0.05, 0) is 38.5 Å². The van der Waals surface area contributed by atoms with Crippen LogP contribution >= 0.6 is 7.82 Å². The third-order valence-electron chi connectivity index (χ3n) is 8.84. The van der Waals surface area contributed by atoms with Gasteiger partial charge >= 0.3 is 7.82 Å². The maximum atomic E-state index is 14.5. The first-order chi connectivity index (χ1) is 22.2. The number of nitro groups is 3. The molecule has 0 unspecified atom stereocenters. The molecule has 0 aromatic carbocycles. The second-order valence-electron chi connectivity index (χ2n) is 11.0. The van der Waals surface area contributed by atoms with Gasteiger partial charge in [-0.25, -0.2) is 4.57 Å². The Balaban J connectivity index is 2.10. The van der Waals surface area contributed by atoms with E-state index in [0.29, 0.717) is 89.4 Å². The lowest BCUT2D eigenvalue weighted by molar-refractivity contribution is -0.386. The van der Waals surface area contributed by atoms with Gasteiger partial charge in [0.05, 0.1) is 85.4 Å². The van der Waals surface area contributed by atoms with Crippen molar-refractivity contribution in [3.05, 3.63) is 81.2 Å². The van der Waals surface area contributed by atoms with Crippen LogP contribution in [0.4, 0.5) is 17.1 Å². The highest BCUT2D eigenvalue weighted by molar-refractivity contribution is 7.48. The van der Waals surface area contributed by atoms with Crippen molar-refractivity contribution in [1.29, 1.82) is 0 Å². The van der Waals surface area contributed by atoms with E-state index in [-0.39, 0.29) is 36.9 Å². The Labute approximate surface area is 273 Å². The van der Waals surface area contributed by atoms with Gasteiger partial charge in [0.1, 0.15) is 0 Å². The highest BCUT2D eigenvalue weighted by Gasteiger charge is 2.36. The van der Waals surface area contributed by atoms with E-state index in [1.165, 1.54) is 0 Å². The second-order valence-corrected chi connectivity index (χ2v) is 12.7. The molecule has 0 amide bonds. The average molecular weight is 681 g/mol. The number of aromatic nitrogens is 3. The number of phosphoric ester groups is 1. The molecular weight excluding hydrogens is 635 g/mol. The molecule has 260 valence electrons. The maximum Gasteiger partial charge on any atom is 0.475 e. The van der Waals surface area contributed by atoms with E-state index in [2.05, 4.69) is 0 Å². The van der Waals surface area contributed by atoms with Gasteiger partial charge in [-0.1, -0.05) is 41.5 Å². The standard InChI is InChI=1S/C30H45N6O10P/c1-10-19-25(31(7)22(13-4)28(19)34(37)38)16-44-47(43,45-17-26-20(11-2)29(35(39)40)23(14-5)32(26)8)46-18-27-21(12-3)30(36(41)42)24(15-6)33(27)9/h10-18H2,1-9H3. The van der Waals surface area contributed by atoms with E-state index < -0.39 is 22.6 Å². The third-order valence-corrected chi connectivity index (χ3v) is 10.2. The Morgan fingerprint density at radius 1 is 0.489 bits per heavy atom. The average Bonchev–Trinajstić information content (AvgIpc) is 3.59. The highest BCUT2D eigenvalue weighted by Crippen LogP contribution is 2.53. The zero-order chi connectivity index (χ0) is 35.4. The molecule has 47 heavy (non-hydrogen) atoms. The van der Waals surface area contributed by atoms with Gasteiger partial charge < -0.3 is 13.7 Å². The summed E-state index contributed by atoms with van der Waals surface area (Å²) in [6.07, 6.45) is 2.07. The molecular formula is C30H45N6O10P. The molecule has 0 atom stereocenters. The minimum absolute atomic E-state index is 0.0284. The molecule has 0 aliphatic heterocycles. The van der Waals surface area contributed by atoms with E-state index in [4.69, 9.17) is 13.6 Å². The number of hydrogen-bond acceptors (Lipinski definition) is 10. The van der Waals surface area contributed by atoms with Crippen molar-refractivity contribution < 1.29 is 32.9 Å². The van der Waals surface area contributed by atoms with Gasteiger partial charge in [-0.2, -0.15) is 0 Å². The molecule has 0 N–H and O–H groups in total. The van der Waals surface area contributed by atoms with E-state index in [1.807, 2.05) is 0 Å². The topological polar surface area (TPSA) is 189 Å². The van der Waals surface area contributed by atoms with E-state index in [0.717, 1.165) is 0 Å². The van der Waals surface area contributed by atoms with Gasteiger partial charge in [0.25, 0.3) is 17.1 Å². The summed E-state index contributed by atoms with van der Waals surface area (Å²) >= 11 is 0. The van der Waals surface area contributed by atoms with Crippen molar-refractivity contribution in [2.75, 3.05) is 0 Å². The van der Waals surface area contributed by atoms with Crippen LogP contribution in [0.25, 0.3) is 0 Å². The Bertz CT molecular complexity index is 1520. The quantitative estimate of drug-likeness (QED) is 0.0779. The molecule has 3 rings (SSSR count). The fourth-order valence-electron chi connectivity index (χ4n) is 6.56. The van der Waals surface area contributed by atoms with Gasteiger partial charge in [-0.3, -0.25) is 43.9 Å². The van der Waals surface area contributed by atoms with Crippen LogP contribution in [-0.4, -0.2) is 28.5 Å². The molecule has 0 radical (unpaired) electrons. The normalized spacial score (nSPS) is 11.9. The number of phosphoric acid groups is 1. The van der Waals surface area contributed by atoms with Crippen molar-refractivity contribution in [3.63, 3.8) is 0 Å². The van der Waals surface area contributed by atoms with E-state index in [1.54, 1.807) is 76.4 Å². The first-order valence-corrected chi connectivity index (χ1v) is 17.2. The number of hydrogen-bond donors (Lipinski definition) is 0. The van der Waals surface area contributed by atoms with Crippen LogP contribution in [0.1, 0.15) is 92.4 Å². The summed E-state index contributed by atoms with van der Waals surface area (Å²) in [6, 6.07) is 0. The van der Waals surface area contributed by atoms with Gasteiger partial charge in [-0.15, -0.1) is 0 Å². The summed E-state index contributed by atoms with van der Waals surface area (Å²) in [7, 11) is 0.476. The molecule has 0 aliphatic carbocycles. The Hall–Kier alpha value is -3.85. The molecule has 0 fully saturated rings. The minimum Gasteiger partial charge on any atom is -0.343 e. The first kappa shape index (κ1) is 37.6. The van der Waals surface area contributed by atoms with Crippen LogP contribution in [0, 0.1) is 30.3 Å². The molecule has 0 aliphatic rings. The van der Waals surface area contributed by atoms with E-state index in [9.17, 15) is 34.9 Å². The molecule has 3 aromatic heterocycles. The van der Waals surface area contributed by atoms with Crippen LogP contribution in [-0.2, 0) is 97.6 Å². The predicted octanol–water partition coefficient (Wildman–Crippen LogP) is 6.86. The van der Waals surface area contributed by atoms with Crippen LogP contribution < -0.4 is 0 Å². The van der Waals surface area contributed by atoms with Crippen molar-refractivity contribution in [2.24, 2.45) is 21.1 Å². The Kier molecular flexibility index (Phi) is 12.3. The summed E-state index contributed by atoms with van der Waals surface area (Å²) < 4.78 is 37.1. The summed E-state index contributed by atoms with van der Waals surface area (Å²) in [5.74, 6) is 0. The van der Waals surface area contributed by atoms with Gasteiger partial charge in [0.2, 0.25) is 0 Å². The first-order valence-electron chi connectivity index (χ1n) is 15.7. The zero-order valence-corrected chi connectivity index (χ0v) is 29.5. The lowest BCUT2D eigenvalue weighted by atomic mass is 10.1. The predicted molar refractivity (Wildman–Crippen MR) is 174 cm³/mol. The lowest BCUT2D eigenvalue weighted by Crippen LogP contribution is -2.10. The lowest BCUT2D eigenvalue weighted by Gasteiger charge is -2.20. The monoisotopic (exact) mass is 680 g/mol. The van der Waals surface area contributed by atoms with Gasteiger partial charge in [0, 0.05) is 21.1 Å². The van der Waals surface area contributed by atoms with E-state index >= 15 is 0 Å². The molecule has 3 heterocycles. The summed E-state index contributed by atoms with van der Waals surface area (Å²) in [5, 5.41) is 35.9. The van der Waals surface area contributed by atoms with Crippen molar-refractivity contribution in [1.82, 2.24) is 13.7 Å². The Morgan fingerprint density at radius 3 is 0.894 bits per heavy atom. The third kappa shape index (κ3) is 7.05. The van der Waals surface area contributed by atoms with Crippen molar-refractivity contribution in [3.8, 4) is 0 Å². The Morgan fingerprint density at radius 2 is 0.723 bits per heavy atom. The SMILES string of the molecule is CCc1c([N+](=O)[O-])c(CC)n(C)c1COP(=O)(OCc1c(CC)c([N+](=O)[O-])c(CC)n1C)OCc1c(CC)c([N+](=O)[O-])c(CC)n1C. The van der Waals surface area contributed by atoms with Crippen LogP contribution in [0.5, 0.6) is 0 Å². The van der Waals surface area contributed by atoms with Gasteiger partial charge in [0.15, 0.2) is 0 Å². The fourth-order valence-corrected chi connectivity index (χ4v) is 7.63. The largest absolute Gasteiger partial charge is 0.475 e.